The van der Waals surface area contributed by atoms with Gasteiger partial charge in [-0.05, 0) is 36.8 Å². The maximum atomic E-state index is 12.4. The smallest absolute Gasteiger partial charge is 0.255 e. The second-order valence-corrected chi connectivity index (χ2v) is 4.83. The molecule has 2 aromatic rings. The van der Waals surface area contributed by atoms with Crippen LogP contribution in [-0.2, 0) is 13.6 Å². The van der Waals surface area contributed by atoms with Crippen LogP contribution in [0, 0.1) is 6.92 Å². The van der Waals surface area contributed by atoms with Crippen molar-refractivity contribution in [1.29, 1.82) is 0 Å². The summed E-state index contributed by atoms with van der Waals surface area (Å²) in [5, 5.41) is 0. The van der Waals surface area contributed by atoms with Crippen LogP contribution in [0.2, 0.25) is 0 Å². The molecule has 5 heteroatoms. The van der Waals surface area contributed by atoms with Crippen LogP contribution in [0.5, 0.6) is 11.5 Å². The molecule has 112 valence electrons. The van der Waals surface area contributed by atoms with Gasteiger partial charge in [0.1, 0.15) is 11.5 Å². The highest BCUT2D eigenvalue weighted by atomic mass is 16.5. The quantitative estimate of drug-likeness (QED) is 0.932. The van der Waals surface area contributed by atoms with Crippen LogP contribution in [-0.4, -0.2) is 18.8 Å². The van der Waals surface area contributed by atoms with Crippen LogP contribution in [0.25, 0.3) is 11.3 Å². The summed E-state index contributed by atoms with van der Waals surface area (Å²) in [6, 6.07) is 7.45. The summed E-state index contributed by atoms with van der Waals surface area (Å²) >= 11 is 0. The fraction of sp³-hybridized carbons (Fsp3) is 0.312. The van der Waals surface area contributed by atoms with E-state index in [-0.39, 0.29) is 12.1 Å². The van der Waals surface area contributed by atoms with Crippen molar-refractivity contribution in [3.8, 4) is 22.8 Å². The topological polar surface area (TPSA) is 66.5 Å². The van der Waals surface area contributed by atoms with Crippen LogP contribution in [0.15, 0.2) is 29.1 Å². The van der Waals surface area contributed by atoms with Crippen molar-refractivity contribution in [2.75, 3.05) is 14.2 Å². The lowest BCUT2D eigenvalue weighted by Crippen LogP contribution is -2.25. The molecule has 1 aromatic heterocycles. The summed E-state index contributed by atoms with van der Waals surface area (Å²) in [5.74, 6) is 1.39. The summed E-state index contributed by atoms with van der Waals surface area (Å²) in [5.41, 5.74) is 8.65. The van der Waals surface area contributed by atoms with Gasteiger partial charge in [-0.2, -0.15) is 0 Å². The Kier molecular flexibility index (Phi) is 4.33. The number of benzene rings is 1. The molecule has 0 radical (unpaired) electrons. The third kappa shape index (κ3) is 2.64. The normalized spacial score (nSPS) is 10.5. The second-order valence-electron chi connectivity index (χ2n) is 4.83. The molecule has 0 bridgehead atoms. The van der Waals surface area contributed by atoms with Gasteiger partial charge >= 0.3 is 0 Å². The fourth-order valence-corrected chi connectivity index (χ4v) is 2.39. The summed E-state index contributed by atoms with van der Waals surface area (Å²) in [4.78, 5) is 12.4. The first kappa shape index (κ1) is 15.1. The van der Waals surface area contributed by atoms with Gasteiger partial charge in [-0.1, -0.05) is 0 Å². The van der Waals surface area contributed by atoms with Crippen molar-refractivity contribution >= 4 is 0 Å². The molecular weight excluding hydrogens is 268 g/mol. The number of aromatic nitrogens is 1. The van der Waals surface area contributed by atoms with Crippen LogP contribution in [0.3, 0.4) is 0 Å². The summed E-state index contributed by atoms with van der Waals surface area (Å²) in [6.45, 7) is 2.12. The highest BCUT2D eigenvalue weighted by Gasteiger charge is 2.14. The van der Waals surface area contributed by atoms with E-state index < -0.39 is 0 Å². The molecule has 0 unspecified atom stereocenters. The number of ether oxygens (including phenoxy) is 2. The minimum Gasteiger partial charge on any atom is -0.497 e. The van der Waals surface area contributed by atoms with Crippen molar-refractivity contribution in [2.24, 2.45) is 12.8 Å². The molecule has 0 spiro atoms. The molecule has 1 heterocycles. The Morgan fingerprint density at radius 2 is 1.90 bits per heavy atom. The van der Waals surface area contributed by atoms with Gasteiger partial charge in [-0.3, -0.25) is 4.79 Å². The standard InChI is InChI=1S/C16H20N2O3/c1-10-7-14(18(2)16(19)13(10)9-17)12-8-11(20-3)5-6-15(12)21-4/h5-8H,9,17H2,1-4H3. The molecular formula is C16H20N2O3. The molecule has 0 aliphatic carbocycles. The molecule has 0 aliphatic heterocycles. The summed E-state index contributed by atoms with van der Waals surface area (Å²) in [6.07, 6.45) is 0. The van der Waals surface area contributed by atoms with E-state index in [4.69, 9.17) is 15.2 Å². The third-order valence-corrected chi connectivity index (χ3v) is 3.64. The number of hydrogen-bond donors (Lipinski definition) is 1. The van der Waals surface area contributed by atoms with E-state index in [2.05, 4.69) is 0 Å². The predicted octanol–water partition coefficient (Wildman–Crippen LogP) is 1.84. The molecule has 0 amide bonds. The number of hydrogen-bond acceptors (Lipinski definition) is 4. The number of rotatable bonds is 4. The predicted molar refractivity (Wildman–Crippen MR) is 82.9 cm³/mol. The monoisotopic (exact) mass is 288 g/mol. The lowest BCUT2D eigenvalue weighted by atomic mass is 10.0. The molecule has 1 aromatic carbocycles. The number of pyridine rings is 1. The van der Waals surface area contributed by atoms with Gasteiger partial charge in [0, 0.05) is 24.7 Å². The van der Waals surface area contributed by atoms with Gasteiger partial charge < -0.3 is 19.8 Å². The van der Waals surface area contributed by atoms with Crippen molar-refractivity contribution < 1.29 is 9.47 Å². The highest BCUT2D eigenvalue weighted by molar-refractivity contribution is 5.70. The minimum absolute atomic E-state index is 0.0858. The zero-order chi connectivity index (χ0) is 15.6. The third-order valence-electron chi connectivity index (χ3n) is 3.64. The minimum atomic E-state index is -0.0858. The van der Waals surface area contributed by atoms with E-state index in [1.54, 1.807) is 25.8 Å². The van der Waals surface area contributed by atoms with E-state index in [9.17, 15) is 4.79 Å². The van der Waals surface area contributed by atoms with Crippen LogP contribution in [0.4, 0.5) is 0 Å². The van der Waals surface area contributed by atoms with Gasteiger partial charge in [0.05, 0.1) is 19.9 Å². The Bertz CT molecular complexity index is 720. The van der Waals surface area contributed by atoms with Gasteiger partial charge in [-0.25, -0.2) is 0 Å². The number of methoxy groups -OCH3 is 2. The van der Waals surface area contributed by atoms with E-state index in [0.29, 0.717) is 17.1 Å². The first-order valence-corrected chi connectivity index (χ1v) is 6.65. The van der Waals surface area contributed by atoms with Crippen molar-refractivity contribution in [2.45, 2.75) is 13.5 Å². The maximum absolute atomic E-state index is 12.4. The van der Waals surface area contributed by atoms with Crippen LogP contribution in [0.1, 0.15) is 11.1 Å². The largest absolute Gasteiger partial charge is 0.497 e. The molecule has 0 saturated carbocycles. The van der Waals surface area contributed by atoms with E-state index >= 15 is 0 Å². The van der Waals surface area contributed by atoms with Gasteiger partial charge in [0.2, 0.25) is 0 Å². The average molecular weight is 288 g/mol. The Hall–Kier alpha value is -2.27. The Morgan fingerprint density at radius 3 is 2.48 bits per heavy atom. The Balaban J connectivity index is 2.75. The number of nitrogens with zero attached hydrogens (tertiary/aromatic N) is 1. The van der Waals surface area contributed by atoms with E-state index in [0.717, 1.165) is 16.8 Å². The molecule has 0 saturated heterocycles. The fourth-order valence-electron chi connectivity index (χ4n) is 2.39. The molecule has 2 rings (SSSR count). The molecule has 0 fully saturated rings. The molecule has 0 atom stereocenters. The van der Waals surface area contributed by atoms with E-state index in [1.165, 1.54) is 0 Å². The van der Waals surface area contributed by atoms with Gasteiger partial charge in [0.15, 0.2) is 0 Å². The first-order chi connectivity index (χ1) is 10.0. The lowest BCUT2D eigenvalue weighted by Gasteiger charge is -2.16. The van der Waals surface area contributed by atoms with Crippen molar-refractivity contribution in [1.82, 2.24) is 4.57 Å². The van der Waals surface area contributed by atoms with Gasteiger partial charge in [-0.15, -0.1) is 0 Å². The molecule has 0 aliphatic rings. The Morgan fingerprint density at radius 1 is 1.19 bits per heavy atom. The van der Waals surface area contributed by atoms with Crippen LogP contribution >= 0.6 is 0 Å². The lowest BCUT2D eigenvalue weighted by molar-refractivity contribution is 0.404. The van der Waals surface area contributed by atoms with Crippen LogP contribution < -0.4 is 20.8 Å². The highest BCUT2D eigenvalue weighted by Crippen LogP contribution is 2.33. The zero-order valence-corrected chi connectivity index (χ0v) is 12.8. The first-order valence-electron chi connectivity index (χ1n) is 6.65. The maximum Gasteiger partial charge on any atom is 0.255 e. The number of nitrogens with two attached hydrogens (primary N) is 1. The molecule has 2 N–H and O–H groups in total. The summed E-state index contributed by atoms with van der Waals surface area (Å²) < 4.78 is 12.2. The second kappa shape index (κ2) is 6.01. The Labute approximate surface area is 123 Å². The average Bonchev–Trinajstić information content (AvgIpc) is 2.50. The SMILES string of the molecule is COc1ccc(OC)c(-c2cc(C)c(CN)c(=O)n2C)c1. The molecule has 5 nitrogen and oxygen atoms in total. The van der Waals surface area contributed by atoms with Crippen molar-refractivity contribution in [3.05, 3.63) is 45.7 Å². The molecule has 21 heavy (non-hydrogen) atoms. The number of aryl methyl sites for hydroxylation is 1. The zero-order valence-electron chi connectivity index (χ0n) is 12.8. The van der Waals surface area contributed by atoms with Crippen molar-refractivity contribution in [3.63, 3.8) is 0 Å². The van der Waals surface area contributed by atoms with E-state index in [1.807, 2.05) is 31.2 Å². The van der Waals surface area contributed by atoms with Gasteiger partial charge in [0.25, 0.3) is 5.56 Å². The summed E-state index contributed by atoms with van der Waals surface area (Å²) in [7, 11) is 4.94.